The molecule has 21 heteroatoms. The summed E-state index contributed by atoms with van der Waals surface area (Å²) in [5.41, 5.74) is 2.20. The maximum Gasteiger partial charge on any atom is 0.372 e. The third kappa shape index (κ3) is 50.9. The molecule has 71 heavy (non-hydrogen) atoms. The first kappa shape index (κ1) is 69.2. The Kier molecular flexibility index (Phi) is 44.3. The summed E-state index contributed by atoms with van der Waals surface area (Å²) in [5, 5.41) is 57.1. The number of Topliss-reactive ketones (excluding diaryl/α,β-unsaturated/α-hetero) is 4. The number of rotatable bonds is 22. The molecule has 3 aromatic carbocycles. The molecule has 0 amide bonds. The largest absolute Gasteiger partial charge is 0.508 e. The minimum absolute atomic E-state index is 0.0316. The number of carbonyl (C=O) groups is 12. The molecule has 7 N–H and O–H groups in total. The summed E-state index contributed by atoms with van der Waals surface area (Å²) in [5.74, 6) is -12.2. The molecule has 0 spiro atoms. The first-order chi connectivity index (χ1) is 33.3. The third-order valence-electron chi connectivity index (χ3n) is 8.05. The molecule has 0 aliphatic rings. The van der Waals surface area contributed by atoms with Crippen LogP contribution in [0.1, 0.15) is 108 Å². The molecule has 0 aliphatic carbocycles. The van der Waals surface area contributed by atoms with Crippen LogP contribution in [-0.2, 0) is 79.8 Å². The summed E-state index contributed by atoms with van der Waals surface area (Å²) in [4.78, 5) is 120. The summed E-state index contributed by atoms with van der Waals surface area (Å²) in [6.07, 6.45) is 13.7. The number of carboxylic acids is 6. The number of carboxylic acid groups (broad SMARTS) is 6. The molecular weight excluding hydrogens is 937 g/mol. The van der Waals surface area contributed by atoms with Crippen molar-refractivity contribution in [1.82, 2.24) is 0 Å². The van der Waals surface area contributed by atoms with Crippen molar-refractivity contribution >= 4 is 77.0 Å². The topological polar surface area (TPSA) is 365 Å². The highest BCUT2D eigenvalue weighted by Crippen LogP contribution is 2.11. The van der Waals surface area contributed by atoms with E-state index in [-0.39, 0.29) is 30.5 Å². The SMILES string of the molecule is CC(=O)C(=O)O.CCCCCCCCCCCC(=O)OC.COC(C)=O.O=C(O)/C=C/c1ccccc1.O=C(O)C(=O)Cc1ccc(O)cc1.O=C(O)C(=O)Cc1ccccc1.O=C(O)CC(=O)C(=O)O. The molecular formula is C50H64O21. The number of esters is 2. The molecule has 3 aromatic rings. The van der Waals surface area contributed by atoms with E-state index in [1.807, 2.05) is 36.4 Å². The van der Waals surface area contributed by atoms with Crippen molar-refractivity contribution in [2.75, 3.05) is 14.2 Å². The molecule has 0 atom stereocenters. The average molecular weight is 1000 g/mol. The van der Waals surface area contributed by atoms with Crippen LogP contribution in [0.25, 0.3) is 6.08 Å². The number of ketones is 4. The Balaban J connectivity index is -0.000000378. The Morgan fingerprint density at radius 3 is 1.20 bits per heavy atom. The summed E-state index contributed by atoms with van der Waals surface area (Å²) in [6.45, 7) is 4.61. The summed E-state index contributed by atoms with van der Waals surface area (Å²) in [6, 6.07) is 23.9. The van der Waals surface area contributed by atoms with Gasteiger partial charge in [0.15, 0.2) is 0 Å². The Bertz CT molecular complexity index is 2100. The minimum atomic E-state index is -1.71. The monoisotopic (exact) mass is 1000 g/mol. The number of hydrogen-bond acceptors (Lipinski definition) is 15. The summed E-state index contributed by atoms with van der Waals surface area (Å²) < 4.78 is 8.69. The van der Waals surface area contributed by atoms with Gasteiger partial charge in [-0.25, -0.2) is 24.0 Å². The van der Waals surface area contributed by atoms with Crippen molar-refractivity contribution in [3.05, 3.63) is 108 Å². The van der Waals surface area contributed by atoms with Gasteiger partial charge in [0.25, 0.3) is 5.78 Å². The van der Waals surface area contributed by atoms with Crippen LogP contribution in [0.2, 0.25) is 0 Å². The standard InChI is InChI=1S/C13H26O2.C9H8O4.C9H8O3.C9H8O2.C4H4O5.C3H4O3.C3H6O2/c1-3-4-5-6-7-8-9-10-11-12-13(14)15-2;10-7-3-1-6(2-4-7)5-8(11)9(12)13;10-8(9(11)12)6-7-4-2-1-3-5-7;10-9(11)7-6-8-4-2-1-3-5-8;5-2(4(8)9)1-3(6)7;1-2(4)3(5)6;1-3(4)5-2/h3-12H2,1-2H3;1-4,10H,5H2,(H,12,13);1-5H,6H2,(H,11,12);1-7H,(H,10,11);1H2,(H,6,7)(H,8,9);1H3,(H,5,6);1-2H3/b;;;7-6+;;;. The van der Waals surface area contributed by atoms with E-state index in [0.29, 0.717) is 12.0 Å². The van der Waals surface area contributed by atoms with E-state index in [1.54, 1.807) is 30.3 Å². The number of aromatic hydroxyl groups is 1. The van der Waals surface area contributed by atoms with Crippen LogP contribution in [0, 0.1) is 0 Å². The maximum atomic E-state index is 10.8. The van der Waals surface area contributed by atoms with Crippen LogP contribution >= 0.6 is 0 Å². The minimum Gasteiger partial charge on any atom is -0.508 e. The second-order valence-corrected chi connectivity index (χ2v) is 14.1. The van der Waals surface area contributed by atoms with Crippen LogP contribution in [0.4, 0.5) is 0 Å². The second kappa shape index (κ2) is 45.4. The second-order valence-electron chi connectivity index (χ2n) is 14.1. The lowest BCUT2D eigenvalue weighted by atomic mass is 10.1. The molecule has 3 rings (SSSR count). The van der Waals surface area contributed by atoms with Crippen LogP contribution < -0.4 is 0 Å². The van der Waals surface area contributed by atoms with Crippen molar-refractivity contribution in [2.45, 2.75) is 104 Å². The van der Waals surface area contributed by atoms with E-state index in [4.69, 9.17) is 35.7 Å². The molecule has 390 valence electrons. The Labute approximate surface area is 410 Å². The van der Waals surface area contributed by atoms with Crippen molar-refractivity contribution in [1.29, 1.82) is 0 Å². The van der Waals surface area contributed by atoms with Crippen LogP contribution in [0.15, 0.2) is 91.0 Å². The molecule has 21 nitrogen and oxygen atoms in total. The predicted octanol–water partition coefficient (Wildman–Crippen LogP) is 6.29. The van der Waals surface area contributed by atoms with E-state index in [1.165, 1.54) is 96.8 Å². The van der Waals surface area contributed by atoms with Crippen LogP contribution in [0.3, 0.4) is 0 Å². The normalized spacial score (nSPS) is 9.25. The molecule has 0 saturated carbocycles. The number of methoxy groups -OCH3 is 2. The lowest BCUT2D eigenvalue weighted by molar-refractivity contribution is -0.152. The molecule has 0 aliphatic heterocycles. The van der Waals surface area contributed by atoms with E-state index in [0.717, 1.165) is 30.5 Å². The molecule has 0 radical (unpaired) electrons. The fraction of sp³-hybridized carbons (Fsp3) is 0.360. The molecule has 0 saturated heterocycles. The number of carbonyl (C=O) groups excluding carboxylic acids is 6. The van der Waals surface area contributed by atoms with Gasteiger partial charge in [-0.1, -0.05) is 131 Å². The van der Waals surface area contributed by atoms with E-state index in [2.05, 4.69) is 16.4 Å². The van der Waals surface area contributed by atoms with Crippen LogP contribution in [-0.4, -0.2) is 121 Å². The number of phenolic OH excluding ortho intramolecular Hbond substituents is 1. The van der Waals surface area contributed by atoms with Crippen LogP contribution in [0.5, 0.6) is 5.75 Å². The van der Waals surface area contributed by atoms with E-state index >= 15 is 0 Å². The predicted molar refractivity (Wildman–Crippen MR) is 255 cm³/mol. The van der Waals surface area contributed by atoms with Gasteiger partial charge in [0, 0.05) is 39.2 Å². The van der Waals surface area contributed by atoms with E-state index < -0.39 is 65.4 Å². The van der Waals surface area contributed by atoms with Gasteiger partial charge in [0.05, 0.1) is 14.2 Å². The highest BCUT2D eigenvalue weighted by atomic mass is 16.5. The molecule has 0 heterocycles. The molecule has 0 fully saturated rings. The molecule has 0 aromatic heterocycles. The zero-order valence-corrected chi connectivity index (χ0v) is 40.3. The zero-order chi connectivity index (χ0) is 55.2. The Morgan fingerprint density at radius 1 is 0.493 bits per heavy atom. The van der Waals surface area contributed by atoms with Crippen molar-refractivity contribution in [2.24, 2.45) is 0 Å². The fourth-order valence-corrected chi connectivity index (χ4v) is 4.36. The highest BCUT2D eigenvalue weighted by molar-refractivity contribution is 6.35. The highest BCUT2D eigenvalue weighted by Gasteiger charge is 2.15. The van der Waals surface area contributed by atoms with Gasteiger partial charge in [-0.2, -0.15) is 0 Å². The van der Waals surface area contributed by atoms with E-state index in [9.17, 15) is 57.5 Å². The van der Waals surface area contributed by atoms with Gasteiger partial charge in [-0.3, -0.25) is 33.6 Å². The van der Waals surface area contributed by atoms with Gasteiger partial charge < -0.3 is 45.2 Å². The number of ether oxygens (including phenoxy) is 2. The van der Waals surface area contributed by atoms with Crippen molar-refractivity contribution in [3.8, 4) is 5.75 Å². The molecule has 0 unspecified atom stereocenters. The zero-order valence-electron chi connectivity index (χ0n) is 40.3. The van der Waals surface area contributed by atoms with Gasteiger partial charge in [-0.15, -0.1) is 0 Å². The smallest absolute Gasteiger partial charge is 0.372 e. The van der Waals surface area contributed by atoms with Gasteiger partial charge in [0.2, 0.25) is 17.3 Å². The fourth-order valence-electron chi connectivity index (χ4n) is 4.36. The Hall–Kier alpha value is -8.36. The lowest BCUT2D eigenvalue weighted by Gasteiger charge is -2.01. The number of hydrogen-bond donors (Lipinski definition) is 7. The number of benzene rings is 3. The van der Waals surface area contributed by atoms with Gasteiger partial charge >= 0.3 is 47.8 Å². The Morgan fingerprint density at radius 2 is 0.873 bits per heavy atom. The van der Waals surface area contributed by atoms with Crippen molar-refractivity contribution in [3.63, 3.8) is 0 Å². The first-order valence-corrected chi connectivity index (χ1v) is 21.5. The first-order valence-electron chi connectivity index (χ1n) is 21.5. The number of aliphatic carboxylic acids is 6. The molecule has 0 bridgehead atoms. The lowest BCUT2D eigenvalue weighted by Crippen LogP contribution is -2.16. The number of unbranched alkanes of at least 4 members (excludes halogenated alkanes) is 8. The summed E-state index contributed by atoms with van der Waals surface area (Å²) >= 11 is 0. The third-order valence-corrected chi connectivity index (χ3v) is 8.05. The average Bonchev–Trinajstić information content (AvgIpc) is 3.32. The summed E-state index contributed by atoms with van der Waals surface area (Å²) in [7, 11) is 2.80. The van der Waals surface area contributed by atoms with Gasteiger partial charge in [-0.05, 0) is 41.3 Å². The number of phenols is 1. The van der Waals surface area contributed by atoms with Crippen molar-refractivity contribution < 1.29 is 103 Å². The quantitative estimate of drug-likeness (QED) is 0.0191. The van der Waals surface area contributed by atoms with Gasteiger partial charge in [0.1, 0.15) is 12.2 Å². The maximum absolute atomic E-state index is 10.8.